The first kappa shape index (κ1) is 17.5. The fraction of sp³-hybridized carbons (Fsp3) is 0.312. The van der Waals surface area contributed by atoms with E-state index in [1.165, 1.54) is 10.8 Å². The van der Waals surface area contributed by atoms with Crippen molar-refractivity contribution in [3.63, 3.8) is 0 Å². The largest absolute Gasteiger partial charge is 0.433 e. The highest BCUT2D eigenvalue weighted by Crippen LogP contribution is 2.30. The monoisotopic (exact) mass is 367 g/mol. The van der Waals surface area contributed by atoms with Crippen LogP contribution in [0, 0.1) is 0 Å². The summed E-state index contributed by atoms with van der Waals surface area (Å²) in [6.45, 7) is 3.95. The average Bonchev–Trinajstić information content (AvgIpc) is 3.04. The highest BCUT2D eigenvalue weighted by Gasteiger charge is 2.34. The van der Waals surface area contributed by atoms with Gasteiger partial charge in [0.05, 0.1) is 0 Å². The molecule has 25 heavy (non-hydrogen) atoms. The summed E-state index contributed by atoms with van der Waals surface area (Å²) in [6.07, 6.45) is -3.37. The molecule has 9 heteroatoms. The number of hydrogen-bond acceptors (Lipinski definition) is 5. The Morgan fingerprint density at radius 2 is 1.96 bits per heavy atom. The Morgan fingerprint density at radius 3 is 2.60 bits per heavy atom. The van der Waals surface area contributed by atoms with Gasteiger partial charge in [-0.25, -0.2) is 4.98 Å². The number of nitrogens with zero attached hydrogens (tertiary/aromatic N) is 4. The number of fused-ring (bicyclic) bond motifs is 1. The molecule has 0 saturated heterocycles. The third-order valence-electron chi connectivity index (χ3n) is 3.60. The summed E-state index contributed by atoms with van der Waals surface area (Å²) in [4.78, 5) is 8.42. The predicted octanol–water partition coefficient (Wildman–Crippen LogP) is 4.43. The normalized spacial score (nSPS) is 13.2. The van der Waals surface area contributed by atoms with Crippen LogP contribution < -0.4 is 5.32 Å². The van der Waals surface area contributed by atoms with Crippen molar-refractivity contribution in [2.24, 2.45) is 0 Å². The van der Waals surface area contributed by atoms with Crippen molar-refractivity contribution in [2.75, 3.05) is 11.1 Å². The highest BCUT2D eigenvalue weighted by atomic mass is 32.2. The molecule has 1 aromatic carbocycles. The van der Waals surface area contributed by atoms with E-state index in [1.807, 2.05) is 31.2 Å². The number of halogens is 3. The first-order valence-corrected chi connectivity index (χ1v) is 8.64. The van der Waals surface area contributed by atoms with Crippen LogP contribution in [-0.4, -0.2) is 25.3 Å². The summed E-state index contributed by atoms with van der Waals surface area (Å²) in [7, 11) is 0. The molecule has 5 nitrogen and oxygen atoms in total. The fourth-order valence-electron chi connectivity index (χ4n) is 2.38. The van der Waals surface area contributed by atoms with Gasteiger partial charge in [0.1, 0.15) is 12.1 Å². The molecule has 2 aromatic heterocycles. The van der Waals surface area contributed by atoms with Crippen molar-refractivity contribution in [1.82, 2.24) is 19.6 Å². The standard InChI is InChI=1S/C16H16F3N5S/c1-3-25-12-6-4-11(5-7-12)10(2)22-14-8-13(16(17,18)19)23-15-20-9-21-24(14)15/h4-10,22H,3H2,1-2H3. The lowest BCUT2D eigenvalue weighted by Crippen LogP contribution is -2.15. The summed E-state index contributed by atoms with van der Waals surface area (Å²) < 4.78 is 40.3. The number of alkyl halides is 3. The Labute approximate surface area is 146 Å². The van der Waals surface area contributed by atoms with Crippen molar-refractivity contribution < 1.29 is 13.2 Å². The van der Waals surface area contributed by atoms with Gasteiger partial charge in [-0.1, -0.05) is 19.1 Å². The molecule has 0 aliphatic rings. The topological polar surface area (TPSA) is 55.1 Å². The molecule has 3 aromatic rings. The molecule has 0 aliphatic heterocycles. The molecule has 0 aliphatic carbocycles. The van der Waals surface area contributed by atoms with Gasteiger partial charge >= 0.3 is 6.18 Å². The Bertz CT molecular complexity index is 860. The summed E-state index contributed by atoms with van der Waals surface area (Å²) >= 11 is 1.73. The van der Waals surface area contributed by atoms with E-state index in [-0.39, 0.29) is 17.6 Å². The lowest BCUT2D eigenvalue weighted by atomic mass is 10.1. The van der Waals surface area contributed by atoms with Crippen molar-refractivity contribution in [3.05, 3.63) is 47.9 Å². The van der Waals surface area contributed by atoms with Gasteiger partial charge in [-0.3, -0.25) is 0 Å². The van der Waals surface area contributed by atoms with E-state index in [0.717, 1.165) is 22.3 Å². The van der Waals surface area contributed by atoms with Crippen LogP contribution in [0.1, 0.15) is 31.1 Å². The number of thioether (sulfide) groups is 1. The Hall–Kier alpha value is -2.29. The molecule has 0 fully saturated rings. The number of aromatic nitrogens is 4. The molecule has 1 unspecified atom stereocenters. The average molecular weight is 367 g/mol. The molecule has 0 amide bonds. The van der Waals surface area contributed by atoms with Crippen LogP contribution in [0.25, 0.3) is 5.78 Å². The first-order valence-electron chi connectivity index (χ1n) is 7.65. The van der Waals surface area contributed by atoms with E-state index >= 15 is 0 Å². The number of anilines is 1. The van der Waals surface area contributed by atoms with E-state index in [4.69, 9.17) is 0 Å². The SMILES string of the molecule is CCSc1ccc(C(C)Nc2cc(C(F)(F)F)nc3ncnn23)cc1. The lowest BCUT2D eigenvalue weighted by Gasteiger charge is -2.17. The van der Waals surface area contributed by atoms with Gasteiger partial charge in [0.2, 0.25) is 0 Å². The Morgan fingerprint density at radius 1 is 1.24 bits per heavy atom. The Balaban J connectivity index is 1.89. The van der Waals surface area contributed by atoms with Gasteiger partial charge in [-0.15, -0.1) is 11.8 Å². The van der Waals surface area contributed by atoms with Gasteiger partial charge in [0.15, 0.2) is 5.69 Å². The summed E-state index contributed by atoms with van der Waals surface area (Å²) in [5.74, 6) is 1.07. The van der Waals surface area contributed by atoms with Gasteiger partial charge in [0.25, 0.3) is 5.78 Å². The molecule has 2 heterocycles. The molecular formula is C16H16F3N5S. The number of rotatable bonds is 5. The summed E-state index contributed by atoms with van der Waals surface area (Å²) in [6, 6.07) is 8.65. The molecule has 1 N–H and O–H groups in total. The summed E-state index contributed by atoms with van der Waals surface area (Å²) in [5.41, 5.74) is -0.0449. The molecule has 0 saturated carbocycles. The van der Waals surface area contributed by atoms with Gasteiger partial charge in [-0.05, 0) is 30.4 Å². The lowest BCUT2D eigenvalue weighted by molar-refractivity contribution is -0.141. The second-order valence-corrected chi connectivity index (χ2v) is 6.70. The van der Waals surface area contributed by atoms with E-state index in [9.17, 15) is 13.2 Å². The minimum Gasteiger partial charge on any atom is -0.363 e. The van der Waals surface area contributed by atoms with Crippen molar-refractivity contribution in [3.8, 4) is 0 Å². The van der Waals surface area contributed by atoms with E-state index < -0.39 is 11.9 Å². The molecular weight excluding hydrogens is 351 g/mol. The van der Waals surface area contributed by atoms with E-state index in [2.05, 4.69) is 27.3 Å². The molecule has 0 radical (unpaired) electrons. The third kappa shape index (κ3) is 3.87. The molecule has 3 rings (SSSR count). The second kappa shape index (κ2) is 6.91. The van der Waals surface area contributed by atoms with Crippen LogP contribution in [0.4, 0.5) is 19.0 Å². The predicted molar refractivity (Wildman–Crippen MR) is 90.7 cm³/mol. The van der Waals surface area contributed by atoms with Crippen LogP contribution in [0.2, 0.25) is 0 Å². The minimum absolute atomic E-state index is 0.0979. The first-order chi connectivity index (χ1) is 11.9. The van der Waals surface area contributed by atoms with Crippen molar-refractivity contribution >= 4 is 23.4 Å². The third-order valence-corrected chi connectivity index (χ3v) is 4.49. The van der Waals surface area contributed by atoms with Crippen LogP contribution in [0.3, 0.4) is 0 Å². The smallest absolute Gasteiger partial charge is 0.363 e. The molecule has 0 bridgehead atoms. The number of hydrogen-bond donors (Lipinski definition) is 1. The zero-order chi connectivity index (χ0) is 18.0. The molecule has 132 valence electrons. The maximum Gasteiger partial charge on any atom is 0.433 e. The van der Waals surface area contributed by atoms with Crippen molar-refractivity contribution in [1.29, 1.82) is 0 Å². The number of nitrogens with one attached hydrogen (secondary N) is 1. The van der Waals surface area contributed by atoms with Crippen LogP contribution in [0.5, 0.6) is 0 Å². The molecule has 1 atom stereocenters. The molecule has 0 spiro atoms. The highest BCUT2D eigenvalue weighted by molar-refractivity contribution is 7.99. The Kier molecular flexibility index (Phi) is 4.85. The van der Waals surface area contributed by atoms with Gasteiger partial charge < -0.3 is 5.32 Å². The maximum atomic E-state index is 13.0. The van der Waals surface area contributed by atoms with Crippen molar-refractivity contribution in [2.45, 2.75) is 31.0 Å². The maximum absolute atomic E-state index is 13.0. The van der Waals surface area contributed by atoms with E-state index in [1.54, 1.807) is 11.8 Å². The van der Waals surface area contributed by atoms with Gasteiger partial charge in [0, 0.05) is 17.0 Å². The minimum atomic E-state index is -4.55. The zero-order valence-corrected chi connectivity index (χ0v) is 14.4. The second-order valence-electron chi connectivity index (χ2n) is 5.36. The van der Waals surface area contributed by atoms with Gasteiger partial charge in [-0.2, -0.15) is 27.8 Å². The zero-order valence-electron chi connectivity index (χ0n) is 13.6. The summed E-state index contributed by atoms with van der Waals surface area (Å²) in [5, 5.41) is 7.00. The van der Waals surface area contributed by atoms with Crippen LogP contribution >= 0.6 is 11.8 Å². The number of benzene rings is 1. The quantitative estimate of drug-likeness (QED) is 0.676. The van der Waals surface area contributed by atoms with Crippen LogP contribution in [0.15, 0.2) is 41.6 Å². The van der Waals surface area contributed by atoms with Crippen LogP contribution in [-0.2, 0) is 6.18 Å². The van der Waals surface area contributed by atoms with E-state index in [0.29, 0.717) is 0 Å². The fourth-order valence-corrected chi connectivity index (χ4v) is 3.05.